The summed E-state index contributed by atoms with van der Waals surface area (Å²) >= 11 is 0. The summed E-state index contributed by atoms with van der Waals surface area (Å²) in [6, 6.07) is 11.7. The van der Waals surface area contributed by atoms with Crippen molar-refractivity contribution < 1.29 is 14.3 Å². The van der Waals surface area contributed by atoms with Crippen LogP contribution in [0.5, 0.6) is 5.75 Å². The number of aromatic nitrogens is 2. The van der Waals surface area contributed by atoms with Crippen molar-refractivity contribution in [2.45, 2.75) is 32.4 Å². The molecule has 3 heterocycles. The molecule has 140 valence electrons. The zero-order valence-corrected chi connectivity index (χ0v) is 15.4. The monoisotopic (exact) mass is 365 g/mol. The van der Waals surface area contributed by atoms with Crippen molar-refractivity contribution >= 4 is 11.6 Å². The minimum atomic E-state index is -0.193. The fourth-order valence-electron chi connectivity index (χ4n) is 3.18. The van der Waals surface area contributed by atoms with Crippen molar-refractivity contribution in [2.24, 2.45) is 0 Å². The summed E-state index contributed by atoms with van der Waals surface area (Å²) in [4.78, 5) is 16.8. The third-order valence-electron chi connectivity index (χ3n) is 4.66. The van der Waals surface area contributed by atoms with Crippen molar-refractivity contribution in [1.29, 1.82) is 0 Å². The number of pyridine rings is 1. The average Bonchev–Trinajstić information content (AvgIpc) is 3.34. The number of ether oxygens (including phenoxy) is 2. The van der Waals surface area contributed by atoms with Gasteiger partial charge in [-0.05, 0) is 55.2 Å². The number of hydrogen-bond acceptors (Lipinski definition) is 4. The highest BCUT2D eigenvalue weighted by atomic mass is 16.5. The zero-order valence-electron chi connectivity index (χ0n) is 15.4. The van der Waals surface area contributed by atoms with E-state index in [1.807, 2.05) is 53.9 Å². The second kappa shape index (κ2) is 7.80. The van der Waals surface area contributed by atoms with Crippen LogP contribution < -0.4 is 10.1 Å². The maximum atomic E-state index is 12.4. The van der Waals surface area contributed by atoms with Gasteiger partial charge in [0.05, 0.1) is 6.10 Å². The van der Waals surface area contributed by atoms with Gasteiger partial charge in [-0.3, -0.25) is 4.79 Å². The van der Waals surface area contributed by atoms with Crippen LogP contribution in [0, 0.1) is 6.92 Å². The van der Waals surface area contributed by atoms with Crippen molar-refractivity contribution in [3.8, 4) is 5.75 Å². The predicted molar refractivity (Wildman–Crippen MR) is 102 cm³/mol. The minimum absolute atomic E-state index is 0.187. The predicted octanol–water partition coefficient (Wildman–Crippen LogP) is 3.13. The molecule has 4 rings (SSSR count). The average molecular weight is 365 g/mol. The van der Waals surface area contributed by atoms with E-state index in [2.05, 4.69) is 10.3 Å². The molecule has 0 saturated carbocycles. The summed E-state index contributed by atoms with van der Waals surface area (Å²) in [6.07, 6.45) is 5.98. The highest BCUT2D eigenvalue weighted by Crippen LogP contribution is 2.17. The maximum Gasteiger partial charge on any atom is 0.271 e. The molecule has 1 aliphatic rings. The van der Waals surface area contributed by atoms with Gasteiger partial charge in [-0.15, -0.1) is 0 Å². The van der Waals surface area contributed by atoms with E-state index in [1.54, 1.807) is 6.20 Å². The number of carbonyl (C=O) groups excluding carboxylic acids is 1. The minimum Gasteiger partial charge on any atom is -0.491 e. The molecule has 3 aromatic rings. The van der Waals surface area contributed by atoms with Crippen molar-refractivity contribution in [1.82, 2.24) is 14.7 Å². The fraction of sp³-hybridized carbons (Fsp3) is 0.333. The lowest BCUT2D eigenvalue weighted by Gasteiger charge is -2.12. The Labute approximate surface area is 158 Å². The molecule has 1 aromatic carbocycles. The molecule has 27 heavy (non-hydrogen) atoms. The van der Waals surface area contributed by atoms with Crippen LogP contribution in [0.4, 0.5) is 0 Å². The normalized spacial score (nSPS) is 16.6. The van der Waals surface area contributed by atoms with Crippen LogP contribution in [0.2, 0.25) is 0 Å². The van der Waals surface area contributed by atoms with Gasteiger partial charge in [0, 0.05) is 25.5 Å². The highest BCUT2D eigenvalue weighted by molar-refractivity contribution is 5.92. The summed E-state index contributed by atoms with van der Waals surface area (Å²) in [7, 11) is 0. The van der Waals surface area contributed by atoms with Gasteiger partial charge in [0.1, 0.15) is 23.7 Å². The van der Waals surface area contributed by atoms with Crippen molar-refractivity contribution in [2.75, 3.05) is 13.2 Å². The maximum absolute atomic E-state index is 12.4. The smallest absolute Gasteiger partial charge is 0.271 e. The molecule has 0 bridgehead atoms. The largest absolute Gasteiger partial charge is 0.491 e. The topological polar surface area (TPSA) is 64.9 Å². The number of amides is 1. The summed E-state index contributed by atoms with van der Waals surface area (Å²) in [5, 5.41) is 2.92. The summed E-state index contributed by atoms with van der Waals surface area (Å²) in [6.45, 7) is 3.81. The second-order valence-electron chi connectivity index (χ2n) is 6.87. The Bertz CT molecular complexity index is 945. The molecule has 0 spiro atoms. The number of benzene rings is 1. The Morgan fingerprint density at radius 3 is 3.15 bits per heavy atom. The van der Waals surface area contributed by atoms with E-state index < -0.39 is 0 Å². The van der Waals surface area contributed by atoms with Crippen LogP contribution in [-0.2, 0) is 11.3 Å². The number of hydrogen-bond donors (Lipinski definition) is 1. The van der Waals surface area contributed by atoms with Gasteiger partial charge in [-0.25, -0.2) is 4.98 Å². The van der Waals surface area contributed by atoms with Crippen LogP contribution in [0.1, 0.15) is 34.5 Å². The first-order chi connectivity index (χ1) is 13.2. The molecular weight excluding hydrogens is 342 g/mol. The number of aryl methyl sites for hydroxylation is 1. The van der Waals surface area contributed by atoms with Crippen LogP contribution in [0.15, 0.2) is 48.8 Å². The molecule has 1 amide bonds. The molecule has 2 aromatic heterocycles. The molecule has 1 aliphatic heterocycles. The van der Waals surface area contributed by atoms with E-state index in [1.165, 1.54) is 0 Å². The number of rotatable bonds is 6. The summed E-state index contributed by atoms with van der Waals surface area (Å²) in [5.41, 5.74) is 3.27. The Morgan fingerprint density at radius 2 is 2.30 bits per heavy atom. The van der Waals surface area contributed by atoms with E-state index in [4.69, 9.17) is 9.47 Å². The van der Waals surface area contributed by atoms with E-state index >= 15 is 0 Å². The molecule has 6 heteroatoms. The lowest BCUT2D eigenvalue weighted by Crippen LogP contribution is -2.23. The molecule has 0 aliphatic carbocycles. The number of carbonyl (C=O) groups is 1. The fourth-order valence-corrected chi connectivity index (χ4v) is 3.18. The Kier molecular flexibility index (Phi) is 5.07. The first kappa shape index (κ1) is 17.5. The SMILES string of the molecule is Cc1ccn2cc(C(=O)NCc3cccc(OC[C@@H]4CCCO4)c3)nc2c1. The van der Waals surface area contributed by atoms with Gasteiger partial charge in [0.25, 0.3) is 5.91 Å². The van der Waals surface area contributed by atoms with Gasteiger partial charge in [0.15, 0.2) is 0 Å². The van der Waals surface area contributed by atoms with E-state index in [9.17, 15) is 4.79 Å². The zero-order chi connectivity index (χ0) is 18.6. The van der Waals surface area contributed by atoms with Gasteiger partial charge in [-0.2, -0.15) is 0 Å². The first-order valence-electron chi connectivity index (χ1n) is 9.24. The standard InChI is InChI=1S/C21H23N3O3/c1-15-7-8-24-13-19(23-20(24)10-15)21(25)22-12-16-4-2-5-17(11-16)27-14-18-6-3-9-26-18/h2,4-5,7-8,10-11,13,18H,3,6,9,12,14H2,1H3,(H,22,25)/t18-/m0/s1. The van der Waals surface area contributed by atoms with Crippen LogP contribution in [-0.4, -0.2) is 34.6 Å². The van der Waals surface area contributed by atoms with E-state index in [0.29, 0.717) is 18.8 Å². The third kappa shape index (κ3) is 4.28. The molecule has 1 atom stereocenters. The third-order valence-corrected chi connectivity index (χ3v) is 4.66. The molecular formula is C21H23N3O3. The summed E-state index contributed by atoms with van der Waals surface area (Å²) < 4.78 is 13.2. The molecule has 1 N–H and O–H groups in total. The van der Waals surface area contributed by atoms with Gasteiger partial charge >= 0.3 is 0 Å². The number of fused-ring (bicyclic) bond motifs is 1. The number of imidazole rings is 1. The molecule has 1 fully saturated rings. The molecule has 0 radical (unpaired) electrons. The number of nitrogens with zero attached hydrogens (tertiary/aromatic N) is 2. The molecule has 1 saturated heterocycles. The molecule has 6 nitrogen and oxygen atoms in total. The van der Waals surface area contributed by atoms with Crippen LogP contribution in [0.3, 0.4) is 0 Å². The Hall–Kier alpha value is -2.86. The van der Waals surface area contributed by atoms with Gasteiger partial charge < -0.3 is 19.2 Å². The summed E-state index contributed by atoms with van der Waals surface area (Å²) in [5.74, 6) is 0.600. The van der Waals surface area contributed by atoms with Crippen LogP contribution in [0.25, 0.3) is 5.65 Å². The lowest BCUT2D eigenvalue weighted by molar-refractivity contribution is 0.0679. The van der Waals surface area contributed by atoms with Gasteiger partial charge in [-0.1, -0.05) is 12.1 Å². The van der Waals surface area contributed by atoms with Crippen molar-refractivity contribution in [3.05, 3.63) is 65.6 Å². The Morgan fingerprint density at radius 1 is 1.37 bits per heavy atom. The molecule has 0 unspecified atom stereocenters. The van der Waals surface area contributed by atoms with Gasteiger partial charge in [0.2, 0.25) is 0 Å². The quantitative estimate of drug-likeness (QED) is 0.729. The van der Waals surface area contributed by atoms with Crippen molar-refractivity contribution in [3.63, 3.8) is 0 Å². The first-order valence-corrected chi connectivity index (χ1v) is 9.24. The lowest BCUT2D eigenvalue weighted by atomic mass is 10.2. The highest BCUT2D eigenvalue weighted by Gasteiger charge is 2.16. The van der Waals surface area contributed by atoms with Crippen LogP contribution >= 0.6 is 0 Å². The number of nitrogens with one attached hydrogen (secondary N) is 1. The Balaban J connectivity index is 1.35. The van der Waals surface area contributed by atoms with E-state index in [-0.39, 0.29) is 12.0 Å². The second-order valence-corrected chi connectivity index (χ2v) is 6.87. The van der Waals surface area contributed by atoms with E-state index in [0.717, 1.165) is 42.0 Å².